The van der Waals surface area contributed by atoms with E-state index in [0.717, 1.165) is 23.2 Å². The molecule has 0 radical (unpaired) electrons. The lowest BCUT2D eigenvalue weighted by atomic mass is 9.92. The summed E-state index contributed by atoms with van der Waals surface area (Å²) < 4.78 is 0. The number of thiocarbonyl (C=S) groups is 1. The van der Waals surface area contributed by atoms with Crippen LogP contribution in [0.5, 0.6) is 0 Å². The van der Waals surface area contributed by atoms with Gasteiger partial charge in [0, 0.05) is 32.9 Å². The minimum Gasteiger partial charge on any atom is -0.378 e. The first kappa shape index (κ1) is 26.8. The fraction of sp³-hybridized carbons (Fsp3) is 0.242. The van der Waals surface area contributed by atoms with Gasteiger partial charge in [0.1, 0.15) is 6.04 Å². The van der Waals surface area contributed by atoms with Gasteiger partial charge in [-0.3, -0.25) is 20.4 Å². The Balaban J connectivity index is 1.06. The average Bonchev–Trinajstić information content (AvgIpc) is 3.49. The fourth-order valence-corrected chi connectivity index (χ4v) is 6.02. The van der Waals surface area contributed by atoms with Gasteiger partial charge in [0.15, 0.2) is 5.11 Å². The van der Waals surface area contributed by atoms with Gasteiger partial charge in [0.2, 0.25) is 5.91 Å². The van der Waals surface area contributed by atoms with Crippen molar-refractivity contribution in [3.05, 3.63) is 90.0 Å². The summed E-state index contributed by atoms with van der Waals surface area (Å²) in [6.45, 7) is 1.08. The van der Waals surface area contributed by atoms with Gasteiger partial charge in [-0.2, -0.15) is 0 Å². The Labute approximate surface area is 244 Å². The molecule has 0 unspecified atom stereocenters. The molecule has 1 fully saturated rings. The van der Waals surface area contributed by atoms with Crippen LogP contribution in [-0.4, -0.2) is 48.5 Å². The molecule has 8 heteroatoms. The van der Waals surface area contributed by atoms with Gasteiger partial charge in [-0.15, -0.1) is 0 Å². The summed E-state index contributed by atoms with van der Waals surface area (Å²) >= 11 is 5.47. The monoisotopic (exact) mass is 563 g/mol. The van der Waals surface area contributed by atoms with Crippen LogP contribution < -0.4 is 21.1 Å². The van der Waals surface area contributed by atoms with Crippen molar-refractivity contribution >= 4 is 67.1 Å². The third-order valence-electron chi connectivity index (χ3n) is 8.04. The first-order valence-electron chi connectivity index (χ1n) is 13.9. The molecule has 5 aromatic rings. The lowest BCUT2D eigenvalue weighted by Crippen LogP contribution is -2.53. The zero-order chi connectivity index (χ0) is 28.5. The number of anilines is 1. The third-order valence-corrected chi connectivity index (χ3v) is 8.29. The second kappa shape index (κ2) is 11.2. The predicted molar refractivity (Wildman–Crippen MR) is 170 cm³/mol. The molecule has 208 valence electrons. The van der Waals surface area contributed by atoms with Crippen LogP contribution in [0.2, 0.25) is 0 Å². The van der Waals surface area contributed by atoms with Crippen LogP contribution in [0.3, 0.4) is 0 Å². The molecule has 6 rings (SSSR count). The van der Waals surface area contributed by atoms with E-state index in [1.807, 2.05) is 43.3 Å². The Morgan fingerprint density at radius 2 is 1.56 bits per heavy atom. The third kappa shape index (κ3) is 5.35. The molecule has 1 heterocycles. The van der Waals surface area contributed by atoms with Crippen LogP contribution >= 0.6 is 12.2 Å². The molecule has 1 aliphatic heterocycles. The van der Waals surface area contributed by atoms with Crippen LogP contribution in [0.15, 0.2) is 78.9 Å². The standard InChI is InChI=1S/C33H33N5O2S/c1-37(2)26-15-8-21(9-16-26)19-29(39)38-18-4-7-28(38)32(40)35-36-33(41)34-20-25-13-12-24-11-10-22-5-3-6-23-14-17-27(25)31(24)30(22)23/h3,5-6,8-17,28H,4,7,18-20H2,1-2H3,(H,35,40)(H2,34,36,41)/t28-/m1/s1. The maximum Gasteiger partial charge on any atom is 0.261 e. The fourth-order valence-electron chi connectivity index (χ4n) is 5.90. The number of carbonyl (C=O) groups excluding carboxylic acids is 2. The smallest absolute Gasteiger partial charge is 0.261 e. The predicted octanol–water partition coefficient (Wildman–Crippen LogP) is 4.88. The second-order valence-corrected chi connectivity index (χ2v) is 11.3. The molecular weight excluding hydrogens is 530 g/mol. The molecule has 0 saturated carbocycles. The summed E-state index contributed by atoms with van der Waals surface area (Å²) in [5.74, 6) is -0.305. The van der Waals surface area contributed by atoms with Gasteiger partial charge in [-0.25, -0.2) is 0 Å². The van der Waals surface area contributed by atoms with E-state index >= 15 is 0 Å². The van der Waals surface area contributed by atoms with Crippen molar-refractivity contribution in [2.75, 3.05) is 25.5 Å². The topological polar surface area (TPSA) is 76.7 Å². The van der Waals surface area contributed by atoms with Crippen molar-refractivity contribution in [3.8, 4) is 0 Å². The van der Waals surface area contributed by atoms with Gasteiger partial charge in [-0.1, -0.05) is 66.7 Å². The highest BCUT2D eigenvalue weighted by Crippen LogP contribution is 2.35. The van der Waals surface area contributed by atoms with Gasteiger partial charge >= 0.3 is 0 Å². The van der Waals surface area contributed by atoms with E-state index in [4.69, 9.17) is 12.2 Å². The summed E-state index contributed by atoms with van der Waals surface area (Å²) in [5.41, 5.74) is 8.68. The summed E-state index contributed by atoms with van der Waals surface area (Å²) in [5, 5.41) is 10.9. The number of rotatable bonds is 6. The van der Waals surface area contributed by atoms with Gasteiger partial charge in [0.25, 0.3) is 5.91 Å². The molecule has 2 amide bonds. The van der Waals surface area contributed by atoms with E-state index in [1.54, 1.807) is 4.90 Å². The van der Waals surface area contributed by atoms with Crippen molar-refractivity contribution in [2.24, 2.45) is 0 Å². The number of amides is 2. The summed E-state index contributed by atoms with van der Waals surface area (Å²) in [6, 6.07) is 26.7. The Bertz CT molecular complexity index is 1730. The molecule has 7 nitrogen and oxygen atoms in total. The van der Waals surface area contributed by atoms with Gasteiger partial charge < -0.3 is 15.1 Å². The van der Waals surface area contributed by atoms with E-state index in [0.29, 0.717) is 24.6 Å². The van der Waals surface area contributed by atoms with Crippen LogP contribution in [0.4, 0.5) is 5.69 Å². The lowest BCUT2D eigenvalue weighted by molar-refractivity contribution is -0.138. The van der Waals surface area contributed by atoms with Crippen molar-refractivity contribution in [1.29, 1.82) is 0 Å². The van der Waals surface area contributed by atoms with Crippen LogP contribution in [0, 0.1) is 0 Å². The molecular formula is C33H33N5O2S. The Morgan fingerprint density at radius 1 is 0.878 bits per heavy atom. The second-order valence-electron chi connectivity index (χ2n) is 10.9. The molecule has 1 aliphatic rings. The summed E-state index contributed by atoms with van der Waals surface area (Å²) in [6.07, 6.45) is 1.69. The number of hydrogen-bond donors (Lipinski definition) is 3. The van der Waals surface area contributed by atoms with E-state index in [2.05, 4.69) is 70.8 Å². The van der Waals surface area contributed by atoms with Gasteiger partial charge in [0.05, 0.1) is 6.42 Å². The molecule has 1 saturated heterocycles. The highest BCUT2D eigenvalue weighted by Gasteiger charge is 2.34. The van der Waals surface area contributed by atoms with E-state index < -0.39 is 6.04 Å². The highest BCUT2D eigenvalue weighted by atomic mass is 32.1. The molecule has 0 bridgehead atoms. The Hall–Kier alpha value is -4.43. The number of nitrogens with zero attached hydrogens (tertiary/aromatic N) is 2. The minimum atomic E-state index is -0.517. The van der Waals surface area contributed by atoms with Crippen LogP contribution in [0.25, 0.3) is 32.3 Å². The molecule has 0 aliphatic carbocycles. The summed E-state index contributed by atoms with van der Waals surface area (Å²) in [7, 11) is 3.96. The number of likely N-dealkylation sites (tertiary alicyclic amines) is 1. The molecule has 5 aromatic carbocycles. The highest BCUT2D eigenvalue weighted by molar-refractivity contribution is 7.80. The summed E-state index contributed by atoms with van der Waals surface area (Å²) in [4.78, 5) is 29.8. The quantitative estimate of drug-likeness (QED) is 0.155. The van der Waals surface area contributed by atoms with Crippen molar-refractivity contribution < 1.29 is 9.59 Å². The largest absolute Gasteiger partial charge is 0.378 e. The van der Waals surface area contributed by atoms with E-state index in [1.165, 1.54) is 32.3 Å². The maximum atomic E-state index is 13.1. The Morgan fingerprint density at radius 3 is 2.29 bits per heavy atom. The lowest BCUT2D eigenvalue weighted by Gasteiger charge is -2.24. The molecule has 3 N–H and O–H groups in total. The first-order chi connectivity index (χ1) is 19.9. The SMILES string of the molecule is CN(C)c1ccc(CC(=O)N2CCC[C@@H]2C(=O)NNC(=S)NCc2ccc3ccc4cccc5ccc2c3c45)cc1. The molecule has 41 heavy (non-hydrogen) atoms. The number of carbonyl (C=O) groups is 2. The number of hydrogen-bond acceptors (Lipinski definition) is 4. The average molecular weight is 564 g/mol. The maximum absolute atomic E-state index is 13.1. The van der Waals surface area contributed by atoms with Crippen molar-refractivity contribution in [1.82, 2.24) is 21.1 Å². The minimum absolute atomic E-state index is 0.0463. The molecule has 1 atom stereocenters. The molecule has 0 aromatic heterocycles. The molecule has 0 spiro atoms. The first-order valence-corrected chi connectivity index (χ1v) is 14.3. The zero-order valence-corrected chi connectivity index (χ0v) is 24.1. The number of nitrogens with one attached hydrogen (secondary N) is 3. The van der Waals surface area contributed by atoms with Gasteiger partial charge in [-0.05, 0) is 80.6 Å². The van der Waals surface area contributed by atoms with Crippen molar-refractivity contribution in [3.63, 3.8) is 0 Å². The van der Waals surface area contributed by atoms with E-state index in [-0.39, 0.29) is 18.2 Å². The van der Waals surface area contributed by atoms with E-state index in [9.17, 15) is 9.59 Å². The normalized spacial score (nSPS) is 15.0. The number of benzene rings is 5. The zero-order valence-electron chi connectivity index (χ0n) is 23.2. The number of hydrazine groups is 1. The van der Waals surface area contributed by atoms with Crippen molar-refractivity contribution in [2.45, 2.75) is 31.8 Å². The van der Waals surface area contributed by atoms with Crippen LogP contribution in [-0.2, 0) is 22.6 Å². The Kier molecular flexibility index (Phi) is 7.32. The van der Waals surface area contributed by atoms with Crippen LogP contribution in [0.1, 0.15) is 24.0 Å².